The van der Waals surface area contributed by atoms with Crippen LogP contribution in [0.25, 0.3) is 0 Å². The number of hydrogen-bond donors (Lipinski definition) is 0. The molecule has 0 aliphatic carbocycles. The van der Waals surface area contributed by atoms with E-state index in [1.165, 1.54) is 0 Å². The smallest absolute Gasteiger partial charge is 0.244 e. The van der Waals surface area contributed by atoms with Gasteiger partial charge in [-0.15, -0.1) is 11.3 Å². The van der Waals surface area contributed by atoms with E-state index in [4.69, 9.17) is 0 Å². The van der Waals surface area contributed by atoms with Crippen molar-refractivity contribution in [2.24, 2.45) is 0 Å². The standard InChI is InChI=1S/C21H28N4O3S2/c1-17-16-29-21(22-17)25-9-5-8-24(10-11-25)20(26)19(18-6-3-2-4-7-18)23-12-14-30(27,28)15-13-23/h2-4,6-7,16,19H,5,8-15H2,1H3. The van der Waals surface area contributed by atoms with Crippen LogP contribution in [-0.2, 0) is 14.6 Å². The summed E-state index contributed by atoms with van der Waals surface area (Å²) in [5, 5.41) is 3.07. The maximum Gasteiger partial charge on any atom is 0.244 e. The number of thiazole rings is 1. The van der Waals surface area contributed by atoms with Gasteiger partial charge in [-0.05, 0) is 18.9 Å². The number of amides is 1. The molecule has 2 aliphatic heterocycles. The molecule has 30 heavy (non-hydrogen) atoms. The summed E-state index contributed by atoms with van der Waals surface area (Å²) in [4.78, 5) is 24.5. The average Bonchev–Trinajstić information content (AvgIpc) is 3.02. The Hall–Kier alpha value is -1.97. The zero-order valence-corrected chi connectivity index (χ0v) is 18.9. The molecule has 2 fully saturated rings. The Morgan fingerprint density at radius 3 is 2.43 bits per heavy atom. The van der Waals surface area contributed by atoms with Crippen LogP contribution < -0.4 is 4.90 Å². The summed E-state index contributed by atoms with van der Waals surface area (Å²) in [6.45, 7) is 5.78. The molecule has 0 N–H and O–H groups in total. The molecule has 0 bridgehead atoms. The molecule has 3 heterocycles. The van der Waals surface area contributed by atoms with Crippen LogP contribution in [0.5, 0.6) is 0 Å². The van der Waals surface area contributed by atoms with Crippen molar-refractivity contribution in [3.63, 3.8) is 0 Å². The lowest BCUT2D eigenvalue weighted by molar-refractivity contribution is -0.137. The largest absolute Gasteiger partial charge is 0.346 e. The van der Waals surface area contributed by atoms with Crippen molar-refractivity contribution in [2.45, 2.75) is 19.4 Å². The van der Waals surface area contributed by atoms with Crippen molar-refractivity contribution in [1.82, 2.24) is 14.8 Å². The highest BCUT2D eigenvalue weighted by molar-refractivity contribution is 7.91. The van der Waals surface area contributed by atoms with Crippen molar-refractivity contribution >= 4 is 32.2 Å². The van der Waals surface area contributed by atoms with E-state index in [1.807, 2.05) is 47.1 Å². The second kappa shape index (κ2) is 9.03. The normalized spacial score (nSPS) is 21.2. The van der Waals surface area contributed by atoms with E-state index in [1.54, 1.807) is 11.3 Å². The van der Waals surface area contributed by atoms with Gasteiger partial charge in [0.2, 0.25) is 5.91 Å². The lowest BCUT2D eigenvalue weighted by Gasteiger charge is -2.36. The summed E-state index contributed by atoms with van der Waals surface area (Å²) < 4.78 is 23.8. The molecular weight excluding hydrogens is 420 g/mol. The minimum Gasteiger partial charge on any atom is -0.346 e. The van der Waals surface area contributed by atoms with Crippen LogP contribution in [0.15, 0.2) is 35.7 Å². The molecule has 1 atom stereocenters. The van der Waals surface area contributed by atoms with E-state index in [2.05, 4.69) is 15.3 Å². The molecule has 1 aromatic heterocycles. The summed E-state index contributed by atoms with van der Waals surface area (Å²) >= 11 is 1.65. The van der Waals surface area contributed by atoms with Crippen LogP contribution in [0.1, 0.15) is 23.7 Å². The van der Waals surface area contributed by atoms with Crippen molar-refractivity contribution in [2.75, 3.05) is 55.7 Å². The summed E-state index contributed by atoms with van der Waals surface area (Å²) in [5.74, 6) is 0.291. The number of benzene rings is 1. The van der Waals surface area contributed by atoms with Crippen LogP contribution in [0, 0.1) is 6.92 Å². The summed E-state index contributed by atoms with van der Waals surface area (Å²) in [5.41, 5.74) is 1.95. The van der Waals surface area contributed by atoms with Crippen molar-refractivity contribution < 1.29 is 13.2 Å². The fourth-order valence-corrected chi connectivity index (χ4v) is 6.21. The SMILES string of the molecule is Cc1csc(N2CCCN(C(=O)C(c3ccccc3)N3CCS(=O)(=O)CC3)CC2)n1. The summed E-state index contributed by atoms with van der Waals surface area (Å²) in [6.07, 6.45) is 0.889. The highest BCUT2D eigenvalue weighted by Crippen LogP contribution is 2.27. The molecule has 2 saturated heterocycles. The van der Waals surface area contributed by atoms with Gasteiger partial charge in [-0.1, -0.05) is 30.3 Å². The Labute approximate surface area is 182 Å². The maximum atomic E-state index is 13.7. The maximum absolute atomic E-state index is 13.7. The third-order valence-corrected chi connectivity index (χ3v) is 8.41. The highest BCUT2D eigenvalue weighted by Gasteiger charge is 2.35. The predicted octanol–water partition coefficient (Wildman–Crippen LogP) is 1.96. The number of anilines is 1. The molecule has 2 aromatic rings. The Bertz CT molecular complexity index is 963. The van der Waals surface area contributed by atoms with Gasteiger partial charge in [0.1, 0.15) is 6.04 Å². The Morgan fingerprint density at radius 2 is 1.77 bits per heavy atom. The fraction of sp³-hybridized carbons (Fsp3) is 0.524. The van der Waals surface area contributed by atoms with Crippen LogP contribution in [0.3, 0.4) is 0 Å². The summed E-state index contributed by atoms with van der Waals surface area (Å²) in [7, 11) is -3.00. The van der Waals surface area contributed by atoms with Gasteiger partial charge in [-0.25, -0.2) is 13.4 Å². The topological polar surface area (TPSA) is 73.8 Å². The second-order valence-electron chi connectivity index (χ2n) is 7.94. The Morgan fingerprint density at radius 1 is 1.03 bits per heavy atom. The van der Waals surface area contributed by atoms with Crippen molar-refractivity contribution in [1.29, 1.82) is 0 Å². The van der Waals surface area contributed by atoms with E-state index in [9.17, 15) is 13.2 Å². The van der Waals surface area contributed by atoms with Gasteiger partial charge in [0.25, 0.3) is 0 Å². The van der Waals surface area contributed by atoms with Gasteiger partial charge in [0.15, 0.2) is 15.0 Å². The number of aryl methyl sites for hydroxylation is 1. The van der Waals surface area contributed by atoms with Crippen LogP contribution in [0.2, 0.25) is 0 Å². The lowest BCUT2D eigenvalue weighted by atomic mass is 10.0. The van der Waals surface area contributed by atoms with Gasteiger partial charge in [0, 0.05) is 44.6 Å². The first-order valence-corrected chi connectivity index (χ1v) is 13.1. The number of aromatic nitrogens is 1. The van der Waals surface area contributed by atoms with Crippen molar-refractivity contribution in [3.05, 3.63) is 47.0 Å². The monoisotopic (exact) mass is 448 g/mol. The molecule has 2 aliphatic rings. The third kappa shape index (κ3) is 4.84. The molecule has 162 valence electrons. The first-order valence-electron chi connectivity index (χ1n) is 10.4. The Balaban J connectivity index is 1.51. The molecule has 0 saturated carbocycles. The van der Waals surface area contributed by atoms with E-state index in [0.717, 1.165) is 35.9 Å². The second-order valence-corrected chi connectivity index (χ2v) is 11.1. The van der Waals surface area contributed by atoms with Crippen LogP contribution in [-0.4, -0.2) is 79.9 Å². The quantitative estimate of drug-likeness (QED) is 0.712. The van der Waals surface area contributed by atoms with E-state index in [-0.39, 0.29) is 17.4 Å². The first-order chi connectivity index (χ1) is 14.4. The fourth-order valence-electron chi connectivity index (χ4n) is 4.12. The highest BCUT2D eigenvalue weighted by atomic mass is 32.2. The minimum absolute atomic E-state index is 0.0673. The number of sulfone groups is 1. The molecule has 0 spiro atoms. The van der Waals surface area contributed by atoms with Crippen LogP contribution in [0.4, 0.5) is 5.13 Å². The van der Waals surface area contributed by atoms with Gasteiger partial charge in [0.05, 0.1) is 17.2 Å². The number of carbonyl (C=O) groups is 1. The van der Waals surface area contributed by atoms with E-state index < -0.39 is 15.9 Å². The third-order valence-electron chi connectivity index (χ3n) is 5.78. The molecule has 7 nitrogen and oxygen atoms in total. The molecule has 1 amide bonds. The van der Waals surface area contributed by atoms with Gasteiger partial charge in [-0.3, -0.25) is 9.69 Å². The summed E-state index contributed by atoms with van der Waals surface area (Å²) in [6, 6.07) is 9.31. The van der Waals surface area contributed by atoms with E-state index >= 15 is 0 Å². The number of nitrogens with zero attached hydrogens (tertiary/aromatic N) is 4. The van der Waals surface area contributed by atoms with Gasteiger partial charge >= 0.3 is 0 Å². The molecule has 4 rings (SSSR count). The molecule has 9 heteroatoms. The Kier molecular flexibility index (Phi) is 6.40. The average molecular weight is 449 g/mol. The minimum atomic E-state index is -3.00. The van der Waals surface area contributed by atoms with Gasteiger partial charge < -0.3 is 9.80 Å². The van der Waals surface area contributed by atoms with E-state index in [0.29, 0.717) is 26.2 Å². The van der Waals surface area contributed by atoms with Gasteiger partial charge in [-0.2, -0.15) is 0 Å². The molecule has 0 radical (unpaired) electrons. The number of hydrogen-bond acceptors (Lipinski definition) is 7. The molecular formula is C21H28N4O3S2. The predicted molar refractivity (Wildman–Crippen MR) is 120 cm³/mol. The van der Waals surface area contributed by atoms with Crippen LogP contribution >= 0.6 is 11.3 Å². The molecule has 1 unspecified atom stereocenters. The lowest BCUT2D eigenvalue weighted by Crippen LogP contribution is -2.49. The molecule has 1 aromatic carbocycles. The zero-order valence-electron chi connectivity index (χ0n) is 17.2. The van der Waals surface area contributed by atoms with Crippen molar-refractivity contribution in [3.8, 4) is 0 Å². The number of carbonyl (C=O) groups excluding carboxylic acids is 1. The zero-order chi connectivity index (χ0) is 21.1. The number of rotatable bonds is 4. The first kappa shape index (κ1) is 21.3.